The Labute approximate surface area is 113 Å². The molecule has 0 aliphatic heterocycles. The average molecular weight is 303 g/mol. The fourth-order valence-electron chi connectivity index (χ4n) is 2.03. The summed E-state index contributed by atoms with van der Waals surface area (Å²) in [6.45, 7) is 6.69. The van der Waals surface area contributed by atoms with Crippen LogP contribution in [-0.2, 0) is 0 Å². The van der Waals surface area contributed by atoms with Crippen molar-refractivity contribution in [2.75, 3.05) is 0 Å². The normalized spacial score (nSPS) is 13.0. The lowest BCUT2D eigenvalue weighted by Gasteiger charge is -2.08. The number of halogens is 1. The summed E-state index contributed by atoms with van der Waals surface area (Å²) in [7, 11) is 0. The van der Waals surface area contributed by atoms with Gasteiger partial charge in [0.15, 0.2) is 0 Å². The van der Waals surface area contributed by atoms with E-state index in [9.17, 15) is 0 Å². The van der Waals surface area contributed by atoms with E-state index in [-0.39, 0.29) is 0 Å². The highest BCUT2D eigenvalue weighted by Crippen LogP contribution is 2.36. The summed E-state index contributed by atoms with van der Waals surface area (Å²) in [5, 5.41) is 0. The molecule has 2 heteroatoms. The van der Waals surface area contributed by atoms with Crippen LogP contribution in [0.15, 0.2) is 6.07 Å². The minimum absolute atomic E-state index is 0.577. The molecule has 0 amide bonds. The minimum Gasteiger partial charge on any atom is -0.144 e. The highest BCUT2D eigenvalue weighted by Gasteiger charge is 2.12. The summed E-state index contributed by atoms with van der Waals surface area (Å²) >= 11 is 5.77. The van der Waals surface area contributed by atoms with Crippen LogP contribution in [0.25, 0.3) is 0 Å². The molecule has 0 radical (unpaired) electrons. The van der Waals surface area contributed by atoms with Crippen LogP contribution in [0.2, 0.25) is 0 Å². The average Bonchev–Trinajstić information content (AvgIpc) is 2.57. The van der Waals surface area contributed by atoms with Crippen molar-refractivity contribution >= 4 is 27.3 Å². The third kappa shape index (κ3) is 4.58. The van der Waals surface area contributed by atoms with Crippen molar-refractivity contribution in [2.24, 2.45) is 0 Å². The smallest absolute Gasteiger partial charge is 0.0491 e. The molecule has 0 fully saturated rings. The molecule has 0 aliphatic rings. The number of rotatable bonds is 7. The van der Waals surface area contributed by atoms with Crippen LogP contribution >= 0.6 is 27.3 Å². The summed E-state index contributed by atoms with van der Waals surface area (Å²) in [5.74, 6) is 0. The van der Waals surface area contributed by atoms with Gasteiger partial charge in [-0.05, 0) is 31.9 Å². The highest BCUT2D eigenvalue weighted by atomic mass is 79.9. The zero-order valence-corrected chi connectivity index (χ0v) is 13.1. The monoisotopic (exact) mass is 302 g/mol. The number of unbranched alkanes of at least 4 members (excludes halogenated alkanes) is 4. The molecular formula is C14H23BrS. The van der Waals surface area contributed by atoms with Gasteiger partial charge in [-0.1, -0.05) is 55.0 Å². The molecule has 1 heterocycles. The first-order valence-corrected chi connectivity index (χ1v) is 8.09. The van der Waals surface area contributed by atoms with Crippen molar-refractivity contribution in [3.8, 4) is 0 Å². The van der Waals surface area contributed by atoms with Gasteiger partial charge in [0.05, 0.1) is 0 Å². The maximum Gasteiger partial charge on any atom is 0.0491 e. The molecule has 0 saturated heterocycles. The van der Waals surface area contributed by atoms with Crippen LogP contribution in [0.4, 0.5) is 0 Å². The molecule has 1 atom stereocenters. The number of hydrogen-bond acceptors (Lipinski definition) is 1. The molecule has 1 aromatic rings. The van der Waals surface area contributed by atoms with Gasteiger partial charge in [-0.3, -0.25) is 0 Å². The second-order valence-electron chi connectivity index (χ2n) is 4.57. The van der Waals surface area contributed by atoms with E-state index in [2.05, 4.69) is 42.8 Å². The summed E-state index contributed by atoms with van der Waals surface area (Å²) in [5.41, 5.74) is 1.46. The Morgan fingerprint density at radius 1 is 1.19 bits per heavy atom. The standard InChI is InChI=1S/C14H23BrS/c1-4-5-6-7-8-9-13(15)14-11(2)10-12(3)16-14/h10,13H,4-9H2,1-3H3. The van der Waals surface area contributed by atoms with Gasteiger partial charge >= 0.3 is 0 Å². The molecule has 1 unspecified atom stereocenters. The Bertz CT molecular complexity index is 304. The van der Waals surface area contributed by atoms with Crippen LogP contribution in [0, 0.1) is 13.8 Å². The van der Waals surface area contributed by atoms with Crippen molar-refractivity contribution in [2.45, 2.75) is 64.1 Å². The number of hydrogen-bond donors (Lipinski definition) is 0. The van der Waals surface area contributed by atoms with Gasteiger partial charge in [0.2, 0.25) is 0 Å². The van der Waals surface area contributed by atoms with Crippen molar-refractivity contribution in [3.05, 3.63) is 21.4 Å². The SMILES string of the molecule is CCCCCCCC(Br)c1sc(C)cc1C. The first kappa shape index (κ1) is 14.2. The van der Waals surface area contributed by atoms with E-state index in [1.165, 1.54) is 53.8 Å². The Morgan fingerprint density at radius 2 is 1.88 bits per heavy atom. The van der Waals surface area contributed by atoms with E-state index in [0.29, 0.717) is 4.83 Å². The molecule has 0 spiro atoms. The maximum atomic E-state index is 3.83. The topological polar surface area (TPSA) is 0 Å². The largest absolute Gasteiger partial charge is 0.144 e. The van der Waals surface area contributed by atoms with E-state index < -0.39 is 0 Å². The Kier molecular flexibility index (Phi) is 6.67. The van der Waals surface area contributed by atoms with Crippen LogP contribution in [0.3, 0.4) is 0 Å². The number of aryl methyl sites for hydroxylation is 2. The fourth-order valence-corrected chi connectivity index (χ4v) is 4.04. The first-order chi connectivity index (χ1) is 7.65. The van der Waals surface area contributed by atoms with E-state index >= 15 is 0 Å². The number of thiophene rings is 1. The molecule has 92 valence electrons. The van der Waals surface area contributed by atoms with Crippen molar-refractivity contribution in [3.63, 3.8) is 0 Å². The molecular weight excluding hydrogens is 280 g/mol. The minimum atomic E-state index is 0.577. The lowest BCUT2D eigenvalue weighted by Crippen LogP contribution is -1.89. The highest BCUT2D eigenvalue weighted by molar-refractivity contribution is 9.09. The zero-order chi connectivity index (χ0) is 12.0. The Morgan fingerprint density at radius 3 is 2.44 bits per heavy atom. The van der Waals surface area contributed by atoms with Gasteiger partial charge in [-0.25, -0.2) is 0 Å². The molecule has 0 N–H and O–H groups in total. The molecule has 0 bridgehead atoms. The van der Waals surface area contributed by atoms with Gasteiger partial charge in [0.25, 0.3) is 0 Å². The number of alkyl halides is 1. The third-order valence-corrected chi connectivity index (χ3v) is 5.41. The van der Waals surface area contributed by atoms with E-state index in [1.807, 2.05) is 11.3 Å². The Balaban J connectivity index is 2.29. The maximum absolute atomic E-state index is 3.83. The molecule has 0 aromatic carbocycles. The fraction of sp³-hybridized carbons (Fsp3) is 0.714. The van der Waals surface area contributed by atoms with Crippen LogP contribution in [-0.4, -0.2) is 0 Å². The lowest BCUT2D eigenvalue weighted by molar-refractivity contribution is 0.607. The lowest BCUT2D eigenvalue weighted by atomic mass is 10.1. The van der Waals surface area contributed by atoms with Gasteiger partial charge in [-0.2, -0.15) is 0 Å². The predicted molar refractivity (Wildman–Crippen MR) is 78.8 cm³/mol. The molecule has 1 aromatic heterocycles. The summed E-state index contributed by atoms with van der Waals surface area (Å²) in [4.78, 5) is 3.55. The second-order valence-corrected chi connectivity index (χ2v) is 6.97. The van der Waals surface area contributed by atoms with Crippen LogP contribution in [0.5, 0.6) is 0 Å². The molecule has 0 aliphatic carbocycles. The molecule has 0 nitrogen and oxygen atoms in total. The second kappa shape index (κ2) is 7.50. The van der Waals surface area contributed by atoms with Gasteiger partial charge in [0.1, 0.15) is 0 Å². The van der Waals surface area contributed by atoms with Crippen molar-refractivity contribution < 1.29 is 0 Å². The quantitative estimate of drug-likeness (QED) is 0.418. The van der Waals surface area contributed by atoms with E-state index in [1.54, 1.807) is 0 Å². The molecule has 1 rings (SSSR count). The first-order valence-electron chi connectivity index (χ1n) is 6.36. The van der Waals surface area contributed by atoms with Crippen molar-refractivity contribution in [1.29, 1.82) is 0 Å². The van der Waals surface area contributed by atoms with Crippen LogP contribution < -0.4 is 0 Å². The summed E-state index contributed by atoms with van der Waals surface area (Å²) in [6.07, 6.45) is 8.15. The van der Waals surface area contributed by atoms with Crippen molar-refractivity contribution in [1.82, 2.24) is 0 Å². The summed E-state index contributed by atoms with van der Waals surface area (Å²) in [6, 6.07) is 2.30. The molecule has 0 saturated carbocycles. The van der Waals surface area contributed by atoms with Gasteiger partial charge < -0.3 is 0 Å². The van der Waals surface area contributed by atoms with E-state index in [0.717, 1.165) is 0 Å². The summed E-state index contributed by atoms with van der Waals surface area (Å²) < 4.78 is 0. The Hall–Kier alpha value is 0.180. The van der Waals surface area contributed by atoms with Gasteiger partial charge in [-0.15, -0.1) is 11.3 Å². The molecule has 16 heavy (non-hydrogen) atoms. The predicted octanol–water partition coefficient (Wildman–Crippen LogP) is 6.16. The van der Waals surface area contributed by atoms with E-state index in [4.69, 9.17) is 0 Å². The van der Waals surface area contributed by atoms with Gasteiger partial charge in [0, 0.05) is 14.6 Å². The zero-order valence-electron chi connectivity index (χ0n) is 10.7. The third-order valence-electron chi connectivity index (χ3n) is 2.92. The van der Waals surface area contributed by atoms with Crippen LogP contribution in [0.1, 0.15) is 65.6 Å².